The highest BCUT2D eigenvalue weighted by Gasteiger charge is 2.32. The molecule has 1 saturated heterocycles. The number of carbonyl (C=O) groups is 1. The molecular weight excluding hydrogens is 297 g/mol. The van der Waals surface area contributed by atoms with Crippen molar-refractivity contribution in [3.8, 4) is 11.9 Å². The van der Waals surface area contributed by atoms with Crippen molar-refractivity contribution in [2.75, 3.05) is 13.1 Å². The summed E-state index contributed by atoms with van der Waals surface area (Å²) in [4.78, 5) is 17.7. The van der Waals surface area contributed by atoms with Crippen LogP contribution in [-0.2, 0) is 11.2 Å². The van der Waals surface area contributed by atoms with Gasteiger partial charge in [0.25, 0.3) is 0 Å². The molecule has 2 aromatic rings. The smallest absolute Gasteiger partial charge is 0.227 e. The Labute approximate surface area is 132 Å². The van der Waals surface area contributed by atoms with Crippen LogP contribution in [0.3, 0.4) is 0 Å². The Morgan fingerprint density at radius 3 is 2.91 bits per heavy atom. The minimum absolute atomic E-state index is 0.0432. The quantitative estimate of drug-likeness (QED) is 0.865. The molecule has 2 heterocycles. The predicted octanol–water partition coefficient (Wildman–Crippen LogP) is 1.92. The predicted molar refractivity (Wildman–Crippen MR) is 80.1 cm³/mol. The van der Waals surface area contributed by atoms with Crippen molar-refractivity contribution in [3.63, 3.8) is 0 Å². The molecule has 0 unspecified atom stereocenters. The van der Waals surface area contributed by atoms with E-state index in [0.717, 1.165) is 0 Å². The van der Waals surface area contributed by atoms with Crippen LogP contribution in [0.1, 0.15) is 11.1 Å². The van der Waals surface area contributed by atoms with Gasteiger partial charge in [0.2, 0.25) is 11.8 Å². The minimum Gasteiger partial charge on any atom is -0.471 e. The molecular formula is C17H14FN3O2. The molecule has 1 amide bonds. The van der Waals surface area contributed by atoms with E-state index < -0.39 is 0 Å². The number of aromatic nitrogens is 1. The molecule has 0 saturated carbocycles. The monoisotopic (exact) mass is 311 g/mol. The van der Waals surface area contributed by atoms with Crippen LogP contribution in [-0.4, -0.2) is 35.0 Å². The molecule has 5 nitrogen and oxygen atoms in total. The van der Waals surface area contributed by atoms with E-state index in [4.69, 9.17) is 10.00 Å². The standard InChI is InChI=1S/C17H14FN3O2/c18-15-4-2-1-3-13(15)8-17(22)21-10-14(11-21)23-16-7-12(9-19)5-6-20-16/h1-7,14H,8,10-11H2. The number of amides is 1. The Kier molecular flexibility index (Phi) is 4.20. The third-order valence-electron chi connectivity index (χ3n) is 3.65. The summed E-state index contributed by atoms with van der Waals surface area (Å²) < 4.78 is 19.2. The maximum absolute atomic E-state index is 13.5. The lowest BCUT2D eigenvalue weighted by molar-refractivity contribution is -0.139. The SMILES string of the molecule is N#Cc1ccnc(OC2CN(C(=O)Cc3ccccc3F)C2)c1. The zero-order chi connectivity index (χ0) is 16.2. The van der Waals surface area contributed by atoms with Crippen LogP contribution in [0.2, 0.25) is 0 Å². The van der Waals surface area contributed by atoms with Gasteiger partial charge in [0, 0.05) is 12.3 Å². The van der Waals surface area contributed by atoms with Crippen LogP contribution in [0.25, 0.3) is 0 Å². The minimum atomic E-state index is -0.369. The van der Waals surface area contributed by atoms with E-state index >= 15 is 0 Å². The van der Waals surface area contributed by atoms with Gasteiger partial charge in [0.1, 0.15) is 11.9 Å². The molecule has 116 valence electrons. The molecule has 0 aliphatic carbocycles. The van der Waals surface area contributed by atoms with Gasteiger partial charge in [-0.05, 0) is 17.7 Å². The molecule has 1 aliphatic heterocycles. The number of halogens is 1. The summed E-state index contributed by atoms with van der Waals surface area (Å²) in [6.07, 6.45) is 1.40. The Morgan fingerprint density at radius 2 is 2.17 bits per heavy atom. The molecule has 6 heteroatoms. The summed E-state index contributed by atoms with van der Waals surface area (Å²) in [5.41, 5.74) is 0.868. The lowest BCUT2D eigenvalue weighted by Gasteiger charge is -2.38. The number of hydrogen-bond acceptors (Lipinski definition) is 4. The van der Waals surface area contributed by atoms with Gasteiger partial charge in [-0.15, -0.1) is 0 Å². The molecule has 1 aromatic carbocycles. The molecule has 1 aliphatic rings. The Morgan fingerprint density at radius 1 is 1.39 bits per heavy atom. The summed E-state index contributed by atoms with van der Waals surface area (Å²) in [6.45, 7) is 0.873. The van der Waals surface area contributed by atoms with Crippen molar-refractivity contribution < 1.29 is 13.9 Å². The zero-order valence-corrected chi connectivity index (χ0v) is 12.3. The first-order valence-corrected chi connectivity index (χ1v) is 7.19. The summed E-state index contributed by atoms with van der Waals surface area (Å²) in [7, 11) is 0. The fourth-order valence-corrected chi connectivity index (χ4v) is 2.35. The van der Waals surface area contributed by atoms with Crippen molar-refractivity contribution in [2.45, 2.75) is 12.5 Å². The number of pyridine rings is 1. The van der Waals surface area contributed by atoms with E-state index in [9.17, 15) is 9.18 Å². The molecule has 23 heavy (non-hydrogen) atoms. The number of carbonyl (C=O) groups excluding carboxylic acids is 1. The van der Waals surface area contributed by atoms with E-state index in [1.54, 1.807) is 35.2 Å². The Bertz CT molecular complexity index is 766. The highest BCUT2D eigenvalue weighted by atomic mass is 19.1. The van der Waals surface area contributed by atoms with E-state index in [-0.39, 0.29) is 24.2 Å². The normalized spacial score (nSPS) is 14.0. The van der Waals surface area contributed by atoms with Gasteiger partial charge in [-0.1, -0.05) is 18.2 Å². The van der Waals surface area contributed by atoms with Gasteiger partial charge in [-0.3, -0.25) is 4.79 Å². The van der Waals surface area contributed by atoms with Crippen LogP contribution < -0.4 is 4.74 Å². The van der Waals surface area contributed by atoms with E-state index in [1.165, 1.54) is 12.3 Å². The lowest BCUT2D eigenvalue weighted by atomic mass is 10.1. The molecule has 0 spiro atoms. The maximum atomic E-state index is 13.5. The van der Waals surface area contributed by atoms with Gasteiger partial charge in [0.05, 0.1) is 31.1 Å². The highest BCUT2D eigenvalue weighted by molar-refractivity contribution is 5.79. The van der Waals surface area contributed by atoms with Crippen molar-refractivity contribution in [1.29, 1.82) is 5.26 Å². The van der Waals surface area contributed by atoms with E-state index in [0.29, 0.717) is 30.1 Å². The first-order valence-electron chi connectivity index (χ1n) is 7.19. The lowest BCUT2D eigenvalue weighted by Crippen LogP contribution is -2.56. The average Bonchev–Trinajstić information content (AvgIpc) is 2.52. The summed E-state index contributed by atoms with van der Waals surface area (Å²) in [5, 5.41) is 8.83. The van der Waals surface area contributed by atoms with Gasteiger partial charge in [-0.2, -0.15) is 5.26 Å². The second-order valence-electron chi connectivity index (χ2n) is 5.30. The fraction of sp³-hybridized carbons (Fsp3) is 0.235. The number of ether oxygens (including phenoxy) is 1. The Balaban J connectivity index is 1.52. The van der Waals surface area contributed by atoms with Crippen LogP contribution in [0.5, 0.6) is 5.88 Å². The highest BCUT2D eigenvalue weighted by Crippen LogP contribution is 2.18. The molecule has 0 N–H and O–H groups in total. The second-order valence-corrected chi connectivity index (χ2v) is 5.30. The van der Waals surface area contributed by atoms with Gasteiger partial charge in [0.15, 0.2) is 0 Å². The van der Waals surface area contributed by atoms with E-state index in [1.807, 2.05) is 6.07 Å². The summed E-state index contributed by atoms with van der Waals surface area (Å²) in [5.74, 6) is -0.129. The summed E-state index contributed by atoms with van der Waals surface area (Å²) in [6, 6.07) is 11.4. The van der Waals surface area contributed by atoms with Crippen molar-refractivity contribution in [3.05, 3.63) is 59.5 Å². The Hall–Kier alpha value is -2.94. The largest absolute Gasteiger partial charge is 0.471 e. The van der Waals surface area contributed by atoms with Crippen LogP contribution >= 0.6 is 0 Å². The zero-order valence-electron chi connectivity index (χ0n) is 12.3. The number of nitriles is 1. The topological polar surface area (TPSA) is 66.2 Å². The van der Waals surface area contributed by atoms with Crippen molar-refractivity contribution >= 4 is 5.91 Å². The van der Waals surface area contributed by atoms with E-state index in [2.05, 4.69) is 4.98 Å². The first kappa shape index (κ1) is 15.0. The van der Waals surface area contributed by atoms with Crippen LogP contribution in [0.4, 0.5) is 4.39 Å². The van der Waals surface area contributed by atoms with Gasteiger partial charge >= 0.3 is 0 Å². The first-order chi connectivity index (χ1) is 11.2. The number of likely N-dealkylation sites (tertiary alicyclic amines) is 1. The third kappa shape index (κ3) is 3.46. The summed E-state index contributed by atoms with van der Waals surface area (Å²) >= 11 is 0. The second kappa shape index (κ2) is 6.44. The molecule has 1 fully saturated rings. The molecule has 1 aromatic heterocycles. The number of nitrogens with zero attached hydrogens (tertiary/aromatic N) is 3. The van der Waals surface area contributed by atoms with Gasteiger partial charge < -0.3 is 9.64 Å². The molecule has 3 rings (SSSR count). The number of rotatable bonds is 4. The van der Waals surface area contributed by atoms with Crippen LogP contribution in [0.15, 0.2) is 42.6 Å². The number of benzene rings is 1. The van der Waals surface area contributed by atoms with Crippen molar-refractivity contribution in [2.24, 2.45) is 0 Å². The molecule has 0 radical (unpaired) electrons. The number of hydrogen-bond donors (Lipinski definition) is 0. The molecule has 0 bridgehead atoms. The van der Waals surface area contributed by atoms with Gasteiger partial charge in [-0.25, -0.2) is 9.37 Å². The van der Waals surface area contributed by atoms with Crippen LogP contribution in [0, 0.1) is 17.1 Å². The molecule has 0 atom stereocenters. The maximum Gasteiger partial charge on any atom is 0.227 e. The third-order valence-corrected chi connectivity index (χ3v) is 3.65. The average molecular weight is 311 g/mol. The fourth-order valence-electron chi connectivity index (χ4n) is 2.35. The van der Waals surface area contributed by atoms with Crippen molar-refractivity contribution in [1.82, 2.24) is 9.88 Å².